The molecule has 1 saturated carbocycles. The number of likely N-dealkylation sites (tertiary alicyclic amines) is 1. The number of amides is 4. The molecule has 4 amide bonds. The first-order chi connectivity index (χ1) is 16.3. The highest BCUT2D eigenvalue weighted by Gasteiger charge is 2.47. The van der Waals surface area contributed by atoms with Gasteiger partial charge in [-0.15, -0.1) is 0 Å². The van der Waals surface area contributed by atoms with Crippen LogP contribution in [0.4, 0.5) is 0 Å². The van der Waals surface area contributed by atoms with Crippen LogP contribution in [0, 0.1) is 18.8 Å². The second kappa shape index (κ2) is 10.5. The van der Waals surface area contributed by atoms with Gasteiger partial charge < -0.3 is 10.2 Å². The first-order valence-corrected chi connectivity index (χ1v) is 12.5. The smallest absolute Gasteiger partial charge is 0.242 e. The minimum Gasteiger partial charge on any atom is -0.352 e. The highest BCUT2D eigenvalue weighted by molar-refractivity contribution is 6.05. The van der Waals surface area contributed by atoms with Gasteiger partial charge in [0.25, 0.3) is 0 Å². The van der Waals surface area contributed by atoms with Gasteiger partial charge >= 0.3 is 0 Å². The third-order valence-electron chi connectivity index (χ3n) is 7.45. The molecule has 1 heterocycles. The Bertz CT molecular complexity index is 956. The molecule has 1 aromatic rings. The molecule has 2 aliphatic carbocycles. The molecule has 0 aromatic heterocycles. The molecule has 1 saturated heterocycles. The van der Waals surface area contributed by atoms with Crippen molar-refractivity contribution in [3.63, 3.8) is 0 Å². The van der Waals surface area contributed by atoms with E-state index in [-0.39, 0.29) is 54.5 Å². The van der Waals surface area contributed by atoms with Crippen LogP contribution in [0.25, 0.3) is 0 Å². The van der Waals surface area contributed by atoms with E-state index >= 15 is 0 Å². The topological polar surface area (TPSA) is 86.8 Å². The quantitative estimate of drug-likeness (QED) is 0.472. The van der Waals surface area contributed by atoms with E-state index in [4.69, 9.17) is 0 Å². The predicted molar refractivity (Wildman–Crippen MR) is 128 cm³/mol. The van der Waals surface area contributed by atoms with Crippen LogP contribution in [0.2, 0.25) is 0 Å². The Hall–Kier alpha value is -2.96. The van der Waals surface area contributed by atoms with Crippen molar-refractivity contribution in [2.75, 3.05) is 6.54 Å². The number of allylic oxidation sites excluding steroid dienone is 2. The summed E-state index contributed by atoms with van der Waals surface area (Å²) in [6.45, 7) is 4.11. The van der Waals surface area contributed by atoms with Crippen molar-refractivity contribution in [3.8, 4) is 0 Å². The molecule has 7 nitrogen and oxygen atoms in total. The number of aryl methyl sites for hydroxylation is 1. The number of nitrogens with one attached hydrogen (secondary N) is 1. The van der Waals surface area contributed by atoms with E-state index in [9.17, 15) is 19.2 Å². The summed E-state index contributed by atoms with van der Waals surface area (Å²) >= 11 is 0. The highest BCUT2D eigenvalue weighted by Crippen LogP contribution is 2.35. The van der Waals surface area contributed by atoms with Gasteiger partial charge in [0.05, 0.1) is 11.8 Å². The molecular weight excluding hydrogens is 430 g/mol. The third-order valence-corrected chi connectivity index (χ3v) is 7.45. The molecule has 0 bridgehead atoms. The van der Waals surface area contributed by atoms with Crippen molar-refractivity contribution in [2.24, 2.45) is 11.8 Å². The number of fused-ring (bicyclic) bond motifs is 1. The Morgan fingerprint density at radius 3 is 2.35 bits per heavy atom. The van der Waals surface area contributed by atoms with Crippen molar-refractivity contribution in [1.29, 1.82) is 0 Å². The number of imide groups is 1. The Morgan fingerprint density at radius 1 is 1.09 bits per heavy atom. The van der Waals surface area contributed by atoms with E-state index in [0.29, 0.717) is 19.4 Å². The Balaban J connectivity index is 1.45. The molecule has 0 spiro atoms. The summed E-state index contributed by atoms with van der Waals surface area (Å²) in [6, 6.07) is 7.40. The fraction of sp³-hybridized carbons (Fsp3) is 0.556. The van der Waals surface area contributed by atoms with Crippen molar-refractivity contribution in [1.82, 2.24) is 15.1 Å². The second-order valence-electron chi connectivity index (χ2n) is 9.91. The lowest BCUT2D eigenvalue weighted by molar-refractivity contribution is -0.144. The Morgan fingerprint density at radius 2 is 1.74 bits per heavy atom. The van der Waals surface area contributed by atoms with Crippen LogP contribution in [0.15, 0.2) is 36.4 Å². The predicted octanol–water partition coefficient (Wildman–Crippen LogP) is 3.11. The number of hydrogen-bond donors (Lipinski definition) is 1. The lowest BCUT2D eigenvalue weighted by Gasteiger charge is -2.30. The van der Waals surface area contributed by atoms with Gasteiger partial charge in [0.15, 0.2) is 0 Å². The van der Waals surface area contributed by atoms with E-state index in [1.807, 2.05) is 43.3 Å². The van der Waals surface area contributed by atoms with Crippen LogP contribution >= 0.6 is 0 Å². The third kappa shape index (κ3) is 5.24. The van der Waals surface area contributed by atoms with Gasteiger partial charge in [0, 0.05) is 25.6 Å². The number of rotatable bonds is 8. The molecule has 1 N–H and O–H groups in total. The Labute approximate surface area is 201 Å². The monoisotopic (exact) mass is 465 g/mol. The second-order valence-corrected chi connectivity index (χ2v) is 9.91. The van der Waals surface area contributed by atoms with Crippen molar-refractivity contribution in [3.05, 3.63) is 47.5 Å². The van der Waals surface area contributed by atoms with Gasteiger partial charge in [-0.05, 0) is 45.1 Å². The standard InChI is InChI=1S/C27H35N3O4/c1-18-8-7-9-20(16-18)17-30(19(2)25(32)28-21-10-3-4-11-21)24(31)14-15-29-26(33)22-12-5-6-13-23(22)27(29)34/h5-9,16,19,21-23H,3-4,10-15,17H2,1-2H3,(H,28,32)/t19-,22-,23+/m0/s1. The SMILES string of the molecule is Cc1cccc(CN(C(=O)CCN2C(=O)[C@H]3CC=CC[C@H]3C2=O)[C@@H](C)C(=O)NC2CCCC2)c1. The van der Waals surface area contributed by atoms with Gasteiger partial charge in [-0.3, -0.25) is 24.1 Å². The summed E-state index contributed by atoms with van der Waals surface area (Å²) in [7, 11) is 0. The molecular formula is C27H35N3O4. The Kier molecular flexibility index (Phi) is 7.49. The van der Waals surface area contributed by atoms with Crippen LogP contribution in [-0.2, 0) is 25.7 Å². The van der Waals surface area contributed by atoms with Crippen LogP contribution in [-0.4, -0.2) is 52.1 Å². The molecule has 3 aliphatic rings. The van der Waals surface area contributed by atoms with E-state index < -0.39 is 6.04 Å². The molecule has 1 aromatic carbocycles. The maximum absolute atomic E-state index is 13.4. The number of benzene rings is 1. The zero-order valence-electron chi connectivity index (χ0n) is 20.2. The van der Waals surface area contributed by atoms with Crippen LogP contribution in [0.1, 0.15) is 63.0 Å². The van der Waals surface area contributed by atoms with Crippen LogP contribution in [0.3, 0.4) is 0 Å². The molecule has 0 radical (unpaired) electrons. The summed E-state index contributed by atoms with van der Waals surface area (Å²) in [6.07, 6.45) is 9.25. The number of carbonyl (C=O) groups is 4. The van der Waals surface area contributed by atoms with Gasteiger partial charge in [-0.25, -0.2) is 0 Å². The molecule has 3 atom stereocenters. The molecule has 34 heavy (non-hydrogen) atoms. The van der Waals surface area contributed by atoms with E-state index in [1.165, 1.54) is 4.90 Å². The van der Waals surface area contributed by atoms with Gasteiger partial charge in [-0.1, -0.05) is 54.8 Å². The first kappa shape index (κ1) is 24.2. The molecule has 1 aliphatic heterocycles. The summed E-state index contributed by atoms with van der Waals surface area (Å²) in [5, 5.41) is 3.10. The number of carbonyl (C=O) groups excluding carboxylic acids is 4. The summed E-state index contributed by atoms with van der Waals surface area (Å²) in [4.78, 5) is 54.8. The molecule has 7 heteroatoms. The van der Waals surface area contributed by atoms with Crippen molar-refractivity contribution in [2.45, 2.75) is 77.4 Å². The molecule has 182 valence electrons. The fourth-order valence-corrected chi connectivity index (χ4v) is 5.42. The highest BCUT2D eigenvalue weighted by atomic mass is 16.2. The van der Waals surface area contributed by atoms with E-state index in [0.717, 1.165) is 36.8 Å². The lowest BCUT2D eigenvalue weighted by atomic mass is 9.85. The maximum atomic E-state index is 13.4. The van der Waals surface area contributed by atoms with Crippen LogP contribution in [0.5, 0.6) is 0 Å². The number of nitrogens with zero attached hydrogens (tertiary/aromatic N) is 2. The van der Waals surface area contributed by atoms with Crippen molar-refractivity contribution >= 4 is 23.6 Å². The van der Waals surface area contributed by atoms with E-state index in [2.05, 4.69) is 5.32 Å². The maximum Gasteiger partial charge on any atom is 0.242 e. The zero-order valence-corrected chi connectivity index (χ0v) is 20.2. The number of hydrogen-bond acceptors (Lipinski definition) is 4. The summed E-state index contributed by atoms with van der Waals surface area (Å²) in [5.41, 5.74) is 2.02. The summed E-state index contributed by atoms with van der Waals surface area (Å²) in [5.74, 6) is -1.34. The van der Waals surface area contributed by atoms with Gasteiger partial charge in [-0.2, -0.15) is 0 Å². The lowest BCUT2D eigenvalue weighted by Crippen LogP contribution is -2.50. The van der Waals surface area contributed by atoms with Gasteiger partial charge in [0.2, 0.25) is 23.6 Å². The van der Waals surface area contributed by atoms with Crippen molar-refractivity contribution < 1.29 is 19.2 Å². The first-order valence-electron chi connectivity index (χ1n) is 12.5. The largest absolute Gasteiger partial charge is 0.352 e. The fourth-order valence-electron chi connectivity index (χ4n) is 5.42. The normalized spacial score (nSPS) is 23.2. The summed E-state index contributed by atoms with van der Waals surface area (Å²) < 4.78 is 0. The van der Waals surface area contributed by atoms with E-state index in [1.54, 1.807) is 11.8 Å². The van der Waals surface area contributed by atoms with Gasteiger partial charge in [0.1, 0.15) is 6.04 Å². The molecule has 4 rings (SSSR count). The average molecular weight is 466 g/mol. The zero-order chi connectivity index (χ0) is 24.2. The average Bonchev–Trinajstić information content (AvgIpc) is 3.42. The molecule has 0 unspecified atom stereocenters. The van der Waals surface area contributed by atoms with Crippen LogP contribution < -0.4 is 5.32 Å². The molecule has 2 fully saturated rings. The minimum absolute atomic E-state index is 0.0111. The minimum atomic E-state index is -0.648.